The second-order valence-electron chi connectivity index (χ2n) is 13.2. The minimum Gasteiger partial charge on any atom is -0.399 e. The number of nitrogens with one attached hydrogen (secondary N) is 1. The zero-order chi connectivity index (χ0) is 29.4. The number of aliphatic hydroxyl groups is 2. The standard InChI is InChI=1S/C34H38N2O6/c1-32-13-12-24(38)14-20(32)8-11-25-26-16-29-34(28(40)18-37,33(26,2)17-27(39)30(25)32)42-31(41-29)19-6-9-22(10-7-19)36-23-5-3-4-21(35)15-23/h3-7,9-10,12-15,25-27,29-31,36-37,39H,8,11,16-18,35H2,1-2H3/p+1/t25-,26-,27-,29+,30+,31+,32-,33-,34+/m0/s1. The highest BCUT2D eigenvalue weighted by atomic mass is 16.7. The molecule has 9 atom stereocenters. The first-order chi connectivity index (χ1) is 20.1. The highest BCUT2D eigenvalue weighted by Gasteiger charge is 2.75. The van der Waals surface area contributed by atoms with Crippen molar-refractivity contribution in [1.82, 2.24) is 0 Å². The van der Waals surface area contributed by atoms with E-state index in [0.29, 0.717) is 18.5 Å². The van der Waals surface area contributed by atoms with Crippen molar-refractivity contribution in [2.75, 3.05) is 17.7 Å². The Morgan fingerprint density at radius 2 is 1.95 bits per heavy atom. The normalized spacial score (nSPS) is 40.0. The number of nitrogen functional groups attached to an aromatic ring is 1. The number of allylic oxidation sites excluding steroid dienone is 4. The largest absolute Gasteiger partial charge is 0.399 e. The van der Waals surface area contributed by atoms with Crippen LogP contribution < -0.4 is 11.1 Å². The number of rotatable bonds is 5. The monoisotopic (exact) mass is 571 g/mol. The van der Waals surface area contributed by atoms with Gasteiger partial charge in [0.25, 0.3) is 0 Å². The summed E-state index contributed by atoms with van der Waals surface area (Å²) in [5, 5.41) is 25.4. The number of Topliss-reactive ketones (excluding diaryl/α,β-unsaturated/α-hetero) is 1. The first-order valence-electron chi connectivity index (χ1n) is 14.9. The molecule has 220 valence electrons. The van der Waals surface area contributed by atoms with Crippen LogP contribution in [-0.4, -0.2) is 51.0 Å². The molecule has 2 aromatic rings. The van der Waals surface area contributed by atoms with Crippen LogP contribution in [0.3, 0.4) is 0 Å². The highest BCUT2D eigenvalue weighted by Crippen LogP contribution is 2.70. The summed E-state index contributed by atoms with van der Waals surface area (Å²) in [5.74, 6) is 0.0350. The van der Waals surface area contributed by atoms with Crippen molar-refractivity contribution in [3.05, 3.63) is 77.9 Å². The molecule has 8 nitrogen and oxygen atoms in total. The molecule has 0 spiro atoms. The van der Waals surface area contributed by atoms with E-state index in [1.807, 2.05) is 60.7 Å². The van der Waals surface area contributed by atoms with E-state index in [2.05, 4.69) is 19.2 Å². The third-order valence-electron chi connectivity index (χ3n) is 11.2. The van der Waals surface area contributed by atoms with Crippen LogP contribution in [0.5, 0.6) is 0 Å². The predicted octanol–water partition coefficient (Wildman–Crippen LogP) is 4.59. The topological polar surface area (TPSA) is 135 Å². The molecule has 0 radical (unpaired) electrons. The van der Waals surface area contributed by atoms with Gasteiger partial charge in [-0.15, -0.1) is 0 Å². The fourth-order valence-electron chi connectivity index (χ4n) is 9.35. The minimum absolute atomic E-state index is 0.0455. The number of hydrogen-bond donors (Lipinski definition) is 4. The van der Waals surface area contributed by atoms with E-state index in [4.69, 9.17) is 15.2 Å². The van der Waals surface area contributed by atoms with Crippen molar-refractivity contribution in [3.8, 4) is 0 Å². The molecular formula is C34H39N2O6+. The summed E-state index contributed by atoms with van der Waals surface area (Å²) in [4.78, 5) is 23.9. The summed E-state index contributed by atoms with van der Waals surface area (Å²) < 4.78 is 13.2. The van der Waals surface area contributed by atoms with Crippen molar-refractivity contribution < 1.29 is 29.3 Å². The average molecular weight is 572 g/mol. The Morgan fingerprint density at radius 3 is 2.69 bits per heavy atom. The zero-order valence-electron chi connectivity index (χ0n) is 24.0. The van der Waals surface area contributed by atoms with E-state index in [1.54, 1.807) is 6.08 Å². The first kappa shape index (κ1) is 27.5. The minimum atomic E-state index is -1.35. The Labute approximate surface area is 245 Å². The number of aliphatic hydroxyl groups excluding tert-OH is 2. The molecule has 1 aliphatic heterocycles. The maximum absolute atomic E-state index is 13.7. The van der Waals surface area contributed by atoms with Crippen LogP contribution in [0.1, 0.15) is 51.4 Å². The average Bonchev–Trinajstić information content (AvgIpc) is 3.46. The van der Waals surface area contributed by atoms with Crippen LogP contribution in [0.25, 0.3) is 0 Å². The van der Waals surface area contributed by atoms with Gasteiger partial charge in [0.05, 0.1) is 12.2 Å². The van der Waals surface area contributed by atoms with Gasteiger partial charge in [0.1, 0.15) is 6.61 Å². The summed E-state index contributed by atoms with van der Waals surface area (Å²) in [6.07, 6.45) is 6.31. The van der Waals surface area contributed by atoms with Crippen molar-refractivity contribution in [1.29, 1.82) is 0 Å². The van der Waals surface area contributed by atoms with Crippen LogP contribution in [0.4, 0.5) is 17.1 Å². The number of hydrogen-bond acceptors (Lipinski definition) is 7. The Bertz CT molecular complexity index is 1500. The number of ether oxygens (including phenoxy) is 2. The van der Waals surface area contributed by atoms with E-state index in [0.717, 1.165) is 35.4 Å². The van der Waals surface area contributed by atoms with Crippen molar-refractivity contribution in [2.24, 2.45) is 28.6 Å². The van der Waals surface area contributed by atoms with Crippen LogP contribution in [0, 0.1) is 28.6 Å². The first-order valence-corrected chi connectivity index (χ1v) is 14.9. The molecule has 1 saturated heterocycles. The molecule has 0 amide bonds. The fourth-order valence-corrected chi connectivity index (χ4v) is 9.35. The quantitative estimate of drug-likeness (QED) is 0.304. The highest BCUT2D eigenvalue weighted by molar-refractivity contribution is 6.02. The molecule has 7 rings (SSSR count). The van der Waals surface area contributed by atoms with Crippen LogP contribution in [0.2, 0.25) is 0 Å². The molecule has 0 unspecified atom stereocenters. The molecule has 8 heteroatoms. The Kier molecular flexibility index (Phi) is 6.30. The van der Waals surface area contributed by atoms with Gasteiger partial charge in [0, 0.05) is 51.5 Å². The third-order valence-corrected chi connectivity index (χ3v) is 11.2. The van der Waals surface area contributed by atoms with E-state index in [9.17, 15) is 19.8 Å². The lowest BCUT2D eigenvalue weighted by Gasteiger charge is -2.59. The van der Waals surface area contributed by atoms with Crippen molar-refractivity contribution in [2.45, 2.75) is 63.6 Å². The van der Waals surface area contributed by atoms with E-state index < -0.39 is 36.1 Å². The van der Waals surface area contributed by atoms with Crippen molar-refractivity contribution in [3.63, 3.8) is 0 Å². The molecular weight excluding hydrogens is 532 g/mol. The summed E-state index contributed by atoms with van der Waals surface area (Å²) in [6, 6.07) is 15.2. The second-order valence-corrected chi connectivity index (χ2v) is 13.2. The molecule has 4 aliphatic carbocycles. The summed E-state index contributed by atoms with van der Waals surface area (Å²) in [6.45, 7) is 3.56. The summed E-state index contributed by atoms with van der Waals surface area (Å²) in [7, 11) is 0. The lowest BCUT2D eigenvalue weighted by atomic mass is 9.46. The number of ketones is 2. The van der Waals surface area contributed by atoms with Gasteiger partial charge in [-0.05, 0) is 67.9 Å². The molecule has 0 bridgehead atoms. The maximum atomic E-state index is 13.7. The zero-order valence-corrected chi connectivity index (χ0v) is 24.0. The molecule has 0 aromatic heterocycles. The number of carbonyl (C=O) groups excluding carboxylic acids is 2. The molecule has 5 aliphatic rings. The van der Waals surface area contributed by atoms with Crippen LogP contribution in [-0.2, 0) is 14.3 Å². The Balaban J connectivity index is 1.18. The molecule has 4 fully saturated rings. The molecule has 3 saturated carbocycles. The third kappa shape index (κ3) is 3.82. The van der Waals surface area contributed by atoms with Crippen molar-refractivity contribution >= 4 is 28.6 Å². The van der Waals surface area contributed by atoms with Crippen LogP contribution in [0.15, 0.2) is 72.3 Å². The van der Waals surface area contributed by atoms with Gasteiger partial charge in [-0.25, -0.2) is 0 Å². The van der Waals surface area contributed by atoms with Gasteiger partial charge in [0.2, 0.25) is 0 Å². The van der Waals surface area contributed by atoms with Gasteiger partial charge >= 0.3 is 5.78 Å². The van der Waals surface area contributed by atoms with Gasteiger partial charge in [-0.3, -0.25) is 9.59 Å². The molecule has 2 aromatic carbocycles. The van der Waals surface area contributed by atoms with E-state index in [1.165, 1.54) is 0 Å². The molecule has 6 N–H and O–H groups in total. The second kappa shape index (κ2) is 9.61. The number of anilines is 3. The number of carbonyl (C=O) groups is 1. The maximum Gasteiger partial charge on any atom is 0.339 e. The van der Waals surface area contributed by atoms with Gasteiger partial charge in [0.15, 0.2) is 17.7 Å². The SMILES string of the molecule is C[C@]12C=CC(=[OH+])C=C1CC[C@@H]1[C@@H]2[C@@H](O)C[C@@]2(C)[C@H]1C[C@H]1O[C@@H](c3ccc(Nc4cccc(N)c4)cc3)O[C@]12C(=O)CO. The van der Waals surface area contributed by atoms with E-state index in [-0.39, 0.29) is 34.7 Å². The smallest absolute Gasteiger partial charge is 0.339 e. The van der Waals surface area contributed by atoms with E-state index >= 15 is 0 Å². The Morgan fingerprint density at radius 1 is 1.17 bits per heavy atom. The lowest BCUT2D eigenvalue weighted by molar-refractivity contribution is -0.201. The molecule has 1 heterocycles. The van der Waals surface area contributed by atoms with Gasteiger partial charge < -0.3 is 30.7 Å². The lowest BCUT2D eigenvalue weighted by Crippen LogP contribution is -2.63. The fraction of sp³-hybridized carbons (Fsp3) is 0.471. The summed E-state index contributed by atoms with van der Waals surface area (Å²) >= 11 is 0. The van der Waals surface area contributed by atoms with Crippen LogP contribution >= 0.6 is 0 Å². The summed E-state index contributed by atoms with van der Waals surface area (Å²) in [5.41, 5.74) is 7.82. The predicted molar refractivity (Wildman–Crippen MR) is 159 cm³/mol. The van der Waals surface area contributed by atoms with Gasteiger partial charge in [-0.2, -0.15) is 0 Å². The number of benzene rings is 2. The number of fused-ring (bicyclic) bond motifs is 7. The Hall–Kier alpha value is -3.30. The molecule has 42 heavy (non-hydrogen) atoms. The number of nitrogens with two attached hydrogens (primary N) is 1. The van der Waals surface area contributed by atoms with Gasteiger partial charge in [-0.1, -0.05) is 43.7 Å².